The van der Waals surface area contributed by atoms with Gasteiger partial charge in [-0.05, 0) is 24.3 Å². The Balaban J connectivity index is 1.65. The van der Waals surface area contributed by atoms with E-state index < -0.39 is 23.0 Å². The lowest BCUT2D eigenvalue weighted by molar-refractivity contribution is 0.482. The van der Waals surface area contributed by atoms with Crippen molar-refractivity contribution in [3.63, 3.8) is 0 Å². The molecule has 0 unspecified atom stereocenters. The van der Waals surface area contributed by atoms with E-state index >= 15 is 0 Å². The van der Waals surface area contributed by atoms with Crippen LogP contribution in [-0.2, 0) is 6.42 Å². The maximum absolute atomic E-state index is 14.3. The van der Waals surface area contributed by atoms with Crippen LogP contribution in [0, 0.1) is 17.5 Å². The highest BCUT2D eigenvalue weighted by molar-refractivity contribution is 5.84. The lowest BCUT2D eigenvalue weighted by Gasteiger charge is -2.10. The fourth-order valence-corrected chi connectivity index (χ4v) is 3.59. The molecule has 5 rings (SSSR count). The van der Waals surface area contributed by atoms with Gasteiger partial charge in [0.05, 0.1) is 22.5 Å². The first-order valence-corrected chi connectivity index (χ1v) is 9.72. The van der Waals surface area contributed by atoms with Crippen molar-refractivity contribution in [2.24, 2.45) is 0 Å². The molecular weight excluding hydrogens is 433 g/mol. The summed E-state index contributed by atoms with van der Waals surface area (Å²) in [5, 5.41) is 5.03. The Morgan fingerprint density at radius 2 is 1.61 bits per heavy atom. The van der Waals surface area contributed by atoms with Gasteiger partial charge in [0.1, 0.15) is 23.8 Å². The first-order valence-electron chi connectivity index (χ1n) is 9.72. The lowest BCUT2D eigenvalue weighted by Crippen LogP contribution is -2.10. The van der Waals surface area contributed by atoms with Crippen LogP contribution in [0.1, 0.15) is 11.3 Å². The highest BCUT2D eigenvalue weighted by Crippen LogP contribution is 2.30. The third-order valence-corrected chi connectivity index (χ3v) is 5.13. The average molecular weight is 448 g/mol. The first kappa shape index (κ1) is 20.4. The van der Waals surface area contributed by atoms with Gasteiger partial charge in [0.15, 0.2) is 11.6 Å². The molecule has 0 amide bonds. The van der Waals surface area contributed by atoms with Crippen molar-refractivity contribution in [3.05, 3.63) is 83.7 Å². The molecule has 33 heavy (non-hydrogen) atoms. The molecule has 0 fully saturated rings. The molecule has 3 aromatic heterocycles. The van der Waals surface area contributed by atoms with Gasteiger partial charge in [-0.3, -0.25) is 0 Å². The minimum absolute atomic E-state index is 0.0606. The monoisotopic (exact) mass is 448 g/mol. The van der Waals surface area contributed by atoms with Crippen LogP contribution in [0.2, 0.25) is 0 Å². The average Bonchev–Trinajstić information content (AvgIpc) is 3.18. The molecule has 4 N–H and O–H groups in total. The van der Waals surface area contributed by atoms with Crippen molar-refractivity contribution in [1.29, 1.82) is 0 Å². The summed E-state index contributed by atoms with van der Waals surface area (Å²) < 4.78 is 43.6. The molecule has 0 radical (unpaired) electrons. The molecule has 164 valence electrons. The zero-order valence-corrected chi connectivity index (χ0v) is 16.9. The van der Waals surface area contributed by atoms with E-state index in [-0.39, 0.29) is 24.0 Å². The number of rotatable bonds is 4. The van der Waals surface area contributed by atoms with Gasteiger partial charge in [-0.2, -0.15) is 19.7 Å². The Bertz CT molecular complexity index is 1480. The van der Waals surface area contributed by atoms with Crippen LogP contribution < -0.4 is 11.5 Å². The largest absolute Gasteiger partial charge is 0.383 e. The van der Waals surface area contributed by atoms with Crippen LogP contribution in [0.25, 0.3) is 28.1 Å². The number of para-hydroxylation sites is 1. The van der Waals surface area contributed by atoms with Gasteiger partial charge >= 0.3 is 0 Å². The number of anilines is 2. The Kier molecular flexibility index (Phi) is 4.85. The zero-order valence-electron chi connectivity index (χ0n) is 16.9. The summed E-state index contributed by atoms with van der Waals surface area (Å²) in [7, 11) is 0. The van der Waals surface area contributed by atoms with E-state index in [0.717, 1.165) is 12.1 Å². The molecule has 0 aliphatic heterocycles. The number of benzene rings is 2. The molecule has 0 saturated carbocycles. The molecule has 0 spiro atoms. The fourth-order valence-electron chi connectivity index (χ4n) is 3.59. The van der Waals surface area contributed by atoms with Gasteiger partial charge in [-0.1, -0.05) is 18.2 Å². The summed E-state index contributed by atoms with van der Waals surface area (Å²) in [6, 6.07) is 10.2. The number of hydrogen-bond donors (Lipinski definition) is 2. The molecule has 0 saturated heterocycles. The predicted molar refractivity (Wildman–Crippen MR) is 116 cm³/mol. The van der Waals surface area contributed by atoms with E-state index in [1.54, 1.807) is 30.3 Å². The van der Waals surface area contributed by atoms with E-state index in [9.17, 15) is 13.2 Å². The molecule has 0 bridgehead atoms. The first-order chi connectivity index (χ1) is 15.9. The number of nitrogens with two attached hydrogens (primary N) is 2. The molecule has 0 atom stereocenters. The number of nitrogens with zero attached hydrogens (tertiary/aromatic N) is 6. The number of fused-ring (bicyclic) bond motifs is 1. The molecule has 5 aromatic rings. The molecule has 8 nitrogen and oxygen atoms in total. The van der Waals surface area contributed by atoms with E-state index in [2.05, 4.69) is 25.0 Å². The highest BCUT2D eigenvalue weighted by Gasteiger charge is 2.21. The van der Waals surface area contributed by atoms with Crippen molar-refractivity contribution in [3.8, 4) is 17.2 Å². The molecule has 3 heterocycles. The van der Waals surface area contributed by atoms with Crippen LogP contribution >= 0.6 is 0 Å². The van der Waals surface area contributed by atoms with Crippen molar-refractivity contribution >= 4 is 22.5 Å². The van der Waals surface area contributed by atoms with Crippen molar-refractivity contribution < 1.29 is 13.2 Å². The van der Waals surface area contributed by atoms with E-state index in [1.165, 1.54) is 17.2 Å². The van der Waals surface area contributed by atoms with Crippen LogP contribution in [-0.4, -0.2) is 29.7 Å². The van der Waals surface area contributed by atoms with Gasteiger partial charge < -0.3 is 11.5 Å². The standard InChI is InChI=1S/C22H15F3N8/c23-13-5-6-14(24)19(25)12(13)9-16-11-3-1-2-4-17(11)33(32-16)22-30-20(26)18(21(27)31-22)15-7-8-28-10-29-15/h1-8,10H,9H2,(H4,26,27,30,31). The second-order valence-electron chi connectivity index (χ2n) is 7.14. The minimum Gasteiger partial charge on any atom is -0.383 e. The number of nitrogen functional groups attached to an aromatic ring is 2. The summed E-state index contributed by atoms with van der Waals surface area (Å²) >= 11 is 0. The Morgan fingerprint density at radius 1 is 0.879 bits per heavy atom. The summed E-state index contributed by atoms with van der Waals surface area (Å²) in [5.74, 6) is -3.07. The number of halogens is 3. The number of hydrogen-bond acceptors (Lipinski definition) is 7. The van der Waals surface area contributed by atoms with Crippen molar-refractivity contribution in [1.82, 2.24) is 29.7 Å². The van der Waals surface area contributed by atoms with Gasteiger partial charge in [0.2, 0.25) is 0 Å². The predicted octanol–water partition coefficient (Wildman–Crippen LogP) is 3.45. The topological polar surface area (TPSA) is 121 Å². The van der Waals surface area contributed by atoms with Gasteiger partial charge in [0.25, 0.3) is 5.95 Å². The van der Waals surface area contributed by atoms with E-state index in [0.29, 0.717) is 27.9 Å². The Labute approximate surface area is 184 Å². The fraction of sp³-hybridized carbons (Fsp3) is 0.0455. The smallest absolute Gasteiger partial charge is 0.255 e. The highest BCUT2D eigenvalue weighted by atomic mass is 19.2. The second-order valence-corrected chi connectivity index (χ2v) is 7.14. The van der Waals surface area contributed by atoms with Crippen molar-refractivity contribution in [2.45, 2.75) is 6.42 Å². The quantitative estimate of drug-likeness (QED) is 0.404. The molecule has 0 aliphatic rings. The molecule has 11 heteroatoms. The van der Waals surface area contributed by atoms with Crippen LogP contribution in [0.15, 0.2) is 55.0 Å². The Hall–Kier alpha value is -4.54. The molecule has 2 aromatic carbocycles. The summed E-state index contributed by atoms with van der Waals surface area (Å²) in [6.45, 7) is 0. The zero-order chi connectivity index (χ0) is 23.1. The van der Waals surface area contributed by atoms with Crippen molar-refractivity contribution in [2.75, 3.05) is 11.5 Å². The second kappa shape index (κ2) is 7.86. The Morgan fingerprint density at radius 3 is 2.33 bits per heavy atom. The summed E-state index contributed by atoms with van der Waals surface area (Å²) in [4.78, 5) is 16.6. The maximum Gasteiger partial charge on any atom is 0.255 e. The maximum atomic E-state index is 14.3. The summed E-state index contributed by atoms with van der Waals surface area (Å²) in [5.41, 5.74) is 13.5. The van der Waals surface area contributed by atoms with E-state index in [4.69, 9.17) is 11.5 Å². The van der Waals surface area contributed by atoms with Gasteiger partial charge in [0, 0.05) is 23.6 Å². The molecule has 0 aliphatic carbocycles. The van der Waals surface area contributed by atoms with Crippen LogP contribution in [0.4, 0.5) is 24.8 Å². The van der Waals surface area contributed by atoms with Crippen LogP contribution in [0.3, 0.4) is 0 Å². The molecular formula is C22H15F3N8. The van der Waals surface area contributed by atoms with E-state index in [1.807, 2.05) is 0 Å². The van der Waals surface area contributed by atoms with Crippen LogP contribution in [0.5, 0.6) is 0 Å². The number of aromatic nitrogens is 6. The van der Waals surface area contributed by atoms with Gasteiger partial charge in [-0.25, -0.2) is 23.1 Å². The minimum atomic E-state index is -1.26. The lowest BCUT2D eigenvalue weighted by atomic mass is 10.1. The third-order valence-electron chi connectivity index (χ3n) is 5.13. The summed E-state index contributed by atoms with van der Waals surface area (Å²) in [6.07, 6.45) is 2.60. The van der Waals surface area contributed by atoms with Gasteiger partial charge in [-0.15, -0.1) is 0 Å². The SMILES string of the molecule is Nc1nc(-n2nc(Cc3c(F)ccc(F)c3F)c3ccccc32)nc(N)c1-c1ccncn1. The normalized spacial score (nSPS) is 11.2. The third kappa shape index (κ3) is 3.49.